The van der Waals surface area contributed by atoms with Gasteiger partial charge >= 0.3 is 0 Å². The van der Waals surface area contributed by atoms with Gasteiger partial charge in [-0.05, 0) is 36.2 Å². The number of aromatic hydroxyl groups is 1. The summed E-state index contributed by atoms with van der Waals surface area (Å²) in [6.07, 6.45) is 1.72. The molecule has 2 rings (SSSR count). The minimum atomic E-state index is 0.235. The molecule has 0 bridgehead atoms. The maximum Gasteiger partial charge on any atom is 0.125 e. The highest BCUT2D eigenvalue weighted by molar-refractivity contribution is 5.70. The minimum Gasteiger partial charge on any atom is -0.507 e. The van der Waals surface area contributed by atoms with Crippen LogP contribution >= 0.6 is 0 Å². The summed E-state index contributed by atoms with van der Waals surface area (Å²) in [6, 6.07) is 9.20. The highest BCUT2D eigenvalue weighted by atomic mass is 16.3. The van der Waals surface area contributed by atoms with Crippen LogP contribution in [0.15, 0.2) is 36.5 Å². The number of hydrogen-bond donors (Lipinski definition) is 2. The highest BCUT2D eigenvalue weighted by Crippen LogP contribution is 2.30. The number of pyridine rings is 1. The van der Waals surface area contributed by atoms with Crippen molar-refractivity contribution in [3.05, 3.63) is 47.7 Å². The Bertz CT molecular complexity index is 509. The molecule has 3 heteroatoms. The molecular formula is C13H14N2O. The number of rotatable bonds is 2. The zero-order chi connectivity index (χ0) is 11.5. The van der Waals surface area contributed by atoms with Gasteiger partial charge in [0.05, 0.1) is 5.69 Å². The van der Waals surface area contributed by atoms with E-state index in [2.05, 4.69) is 4.98 Å². The summed E-state index contributed by atoms with van der Waals surface area (Å²) >= 11 is 0. The van der Waals surface area contributed by atoms with Gasteiger partial charge in [-0.25, -0.2) is 0 Å². The summed E-state index contributed by atoms with van der Waals surface area (Å²) in [7, 11) is 0. The third-order valence-corrected chi connectivity index (χ3v) is 2.56. The van der Waals surface area contributed by atoms with E-state index in [0.29, 0.717) is 6.54 Å². The molecule has 0 saturated carbocycles. The van der Waals surface area contributed by atoms with Crippen molar-refractivity contribution in [3.8, 4) is 17.0 Å². The van der Waals surface area contributed by atoms with Gasteiger partial charge in [0.1, 0.15) is 5.75 Å². The molecule has 0 spiro atoms. The maximum atomic E-state index is 9.83. The average molecular weight is 214 g/mol. The third-order valence-electron chi connectivity index (χ3n) is 2.56. The summed E-state index contributed by atoms with van der Waals surface area (Å²) in [5, 5.41) is 9.83. The quantitative estimate of drug-likeness (QED) is 0.805. The first-order chi connectivity index (χ1) is 7.72. The first kappa shape index (κ1) is 10.6. The van der Waals surface area contributed by atoms with Crippen LogP contribution in [-0.2, 0) is 6.54 Å². The molecule has 3 nitrogen and oxygen atoms in total. The van der Waals surface area contributed by atoms with Crippen molar-refractivity contribution in [3.63, 3.8) is 0 Å². The molecule has 0 aliphatic carbocycles. The van der Waals surface area contributed by atoms with Crippen molar-refractivity contribution in [1.29, 1.82) is 0 Å². The van der Waals surface area contributed by atoms with Crippen LogP contribution in [0.3, 0.4) is 0 Å². The van der Waals surface area contributed by atoms with Crippen LogP contribution in [0.2, 0.25) is 0 Å². The van der Waals surface area contributed by atoms with E-state index in [1.54, 1.807) is 12.3 Å². The van der Waals surface area contributed by atoms with E-state index in [-0.39, 0.29) is 5.75 Å². The fourth-order valence-electron chi connectivity index (χ4n) is 1.67. The summed E-state index contributed by atoms with van der Waals surface area (Å²) in [5.74, 6) is 0.235. The van der Waals surface area contributed by atoms with Crippen molar-refractivity contribution >= 4 is 0 Å². The first-order valence-corrected chi connectivity index (χ1v) is 5.16. The maximum absolute atomic E-state index is 9.83. The number of aryl methyl sites for hydroxylation is 1. The van der Waals surface area contributed by atoms with Gasteiger partial charge in [-0.1, -0.05) is 12.1 Å². The van der Waals surface area contributed by atoms with E-state index in [9.17, 15) is 5.11 Å². The lowest BCUT2D eigenvalue weighted by molar-refractivity contribution is 0.477. The molecule has 0 atom stereocenters. The second-order valence-corrected chi connectivity index (χ2v) is 3.72. The standard InChI is InChI=1S/C13H14N2O/c1-9-3-2-6-15-13(9)11-7-10(8-14)4-5-12(11)16/h2-7,16H,8,14H2,1H3. The molecule has 82 valence electrons. The Morgan fingerprint density at radius 2 is 2.12 bits per heavy atom. The molecule has 2 aromatic rings. The molecular weight excluding hydrogens is 200 g/mol. The second kappa shape index (κ2) is 4.33. The number of aromatic nitrogens is 1. The lowest BCUT2D eigenvalue weighted by Crippen LogP contribution is -1.97. The van der Waals surface area contributed by atoms with Crippen LogP contribution in [0.4, 0.5) is 0 Å². The van der Waals surface area contributed by atoms with E-state index < -0.39 is 0 Å². The van der Waals surface area contributed by atoms with E-state index in [1.165, 1.54) is 0 Å². The molecule has 0 aliphatic rings. The average Bonchev–Trinajstić information content (AvgIpc) is 2.31. The van der Waals surface area contributed by atoms with Crippen LogP contribution in [0.1, 0.15) is 11.1 Å². The minimum absolute atomic E-state index is 0.235. The predicted octanol–water partition coefficient (Wildman–Crippen LogP) is 2.22. The van der Waals surface area contributed by atoms with E-state index in [1.807, 2.05) is 31.2 Å². The molecule has 1 aromatic heterocycles. The lowest BCUT2D eigenvalue weighted by atomic mass is 10.0. The second-order valence-electron chi connectivity index (χ2n) is 3.72. The van der Waals surface area contributed by atoms with Crippen molar-refractivity contribution < 1.29 is 5.11 Å². The van der Waals surface area contributed by atoms with Gasteiger partial charge in [0, 0.05) is 18.3 Å². The van der Waals surface area contributed by atoms with Crippen LogP contribution in [0, 0.1) is 6.92 Å². The number of nitrogens with two attached hydrogens (primary N) is 1. The van der Waals surface area contributed by atoms with Crippen molar-refractivity contribution in [2.24, 2.45) is 5.73 Å². The first-order valence-electron chi connectivity index (χ1n) is 5.16. The SMILES string of the molecule is Cc1cccnc1-c1cc(CN)ccc1O. The van der Waals surface area contributed by atoms with Crippen molar-refractivity contribution in [1.82, 2.24) is 4.98 Å². The van der Waals surface area contributed by atoms with E-state index in [0.717, 1.165) is 22.4 Å². The summed E-state index contributed by atoms with van der Waals surface area (Å²) in [4.78, 5) is 4.28. The third kappa shape index (κ3) is 1.90. The Morgan fingerprint density at radius 3 is 2.81 bits per heavy atom. The predicted molar refractivity (Wildman–Crippen MR) is 64.0 cm³/mol. The fraction of sp³-hybridized carbons (Fsp3) is 0.154. The number of nitrogens with zero attached hydrogens (tertiary/aromatic N) is 1. The van der Waals surface area contributed by atoms with Crippen molar-refractivity contribution in [2.45, 2.75) is 13.5 Å². The van der Waals surface area contributed by atoms with Crippen LogP contribution in [0.25, 0.3) is 11.3 Å². The van der Waals surface area contributed by atoms with Crippen molar-refractivity contribution in [2.75, 3.05) is 0 Å². The van der Waals surface area contributed by atoms with E-state index in [4.69, 9.17) is 5.73 Å². The van der Waals surface area contributed by atoms with Gasteiger partial charge in [-0.15, -0.1) is 0 Å². The summed E-state index contributed by atoms with van der Waals surface area (Å²) in [5.41, 5.74) is 9.14. The Morgan fingerprint density at radius 1 is 1.31 bits per heavy atom. The number of phenols is 1. The molecule has 0 amide bonds. The fourth-order valence-corrected chi connectivity index (χ4v) is 1.67. The van der Waals surface area contributed by atoms with Gasteiger partial charge in [0.2, 0.25) is 0 Å². The Labute approximate surface area is 94.6 Å². The topological polar surface area (TPSA) is 59.1 Å². The molecule has 0 unspecified atom stereocenters. The van der Waals surface area contributed by atoms with Gasteiger partial charge < -0.3 is 10.8 Å². The normalized spacial score (nSPS) is 10.4. The molecule has 16 heavy (non-hydrogen) atoms. The molecule has 0 saturated heterocycles. The molecule has 0 aliphatic heterocycles. The smallest absolute Gasteiger partial charge is 0.125 e. The molecule has 1 heterocycles. The van der Waals surface area contributed by atoms with Crippen LogP contribution in [0.5, 0.6) is 5.75 Å². The molecule has 0 fully saturated rings. The van der Waals surface area contributed by atoms with Crippen LogP contribution in [-0.4, -0.2) is 10.1 Å². The van der Waals surface area contributed by atoms with E-state index >= 15 is 0 Å². The number of hydrogen-bond acceptors (Lipinski definition) is 3. The molecule has 1 aromatic carbocycles. The van der Waals surface area contributed by atoms with Gasteiger partial charge in [-0.3, -0.25) is 4.98 Å². The summed E-state index contributed by atoms with van der Waals surface area (Å²) in [6.45, 7) is 2.43. The Kier molecular flexibility index (Phi) is 2.88. The highest BCUT2D eigenvalue weighted by Gasteiger charge is 2.08. The Hall–Kier alpha value is -1.87. The largest absolute Gasteiger partial charge is 0.507 e. The monoisotopic (exact) mass is 214 g/mol. The van der Waals surface area contributed by atoms with Crippen LogP contribution < -0.4 is 5.73 Å². The Balaban J connectivity index is 2.59. The van der Waals surface area contributed by atoms with Gasteiger partial charge in [-0.2, -0.15) is 0 Å². The number of benzene rings is 1. The molecule has 0 radical (unpaired) electrons. The summed E-state index contributed by atoms with van der Waals surface area (Å²) < 4.78 is 0. The van der Waals surface area contributed by atoms with Gasteiger partial charge in [0.25, 0.3) is 0 Å². The lowest BCUT2D eigenvalue weighted by Gasteiger charge is -2.08. The van der Waals surface area contributed by atoms with Gasteiger partial charge in [0.15, 0.2) is 0 Å². The zero-order valence-electron chi connectivity index (χ0n) is 9.14. The zero-order valence-corrected chi connectivity index (χ0v) is 9.14. The molecule has 3 N–H and O–H groups in total. The number of phenolic OH excluding ortho intramolecular Hbond substituents is 1.